The van der Waals surface area contributed by atoms with E-state index in [0.29, 0.717) is 16.1 Å². The summed E-state index contributed by atoms with van der Waals surface area (Å²) in [6, 6.07) is 4.80. The van der Waals surface area contributed by atoms with Gasteiger partial charge in [0.1, 0.15) is 5.75 Å². The molecule has 0 aliphatic heterocycles. The van der Waals surface area contributed by atoms with E-state index >= 15 is 0 Å². The van der Waals surface area contributed by atoms with Crippen LogP contribution in [-0.4, -0.2) is 12.8 Å². The number of benzene rings is 1. The lowest BCUT2D eigenvalue weighted by Gasteiger charge is -2.11. The van der Waals surface area contributed by atoms with Crippen molar-refractivity contribution in [1.29, 1.82) is 0 Å². The lowest BCUT2D eigenvalue weighted by molar-refractivity contribution is -0.139. The van der Waals surface area contributed by atoms with E-state index in [9.17, 15) is 13.2 Å². The van der Waals surface area contributed by atoms with E-state index in [4.69, 9.17) is 16.3 Å². The monoisotopic (exact) mass is 316 g/mol. The van der Waals surface area contributed by atoms with Gasteiger partial charge in [0.25, 0.3) is 0 Å². The number of ether oxygens (including phenoxy) is 1. The summed E-state index contributed by atoms with van der Waals surface area (Å²) >= 11 is 8.96. The third kappa shape index (κ3) is 4.61. The first-order chi connectivity index (χ1) is 7.42. The lowest BCUT2D eigenvalue weighted by atomic mass is 10.2. The van der Waals surface area contributed by atoms with E-state index in [1.165, 1.54) is 0 Å². The van der Waals surface area contributed by atoms with E-state index in [-0.39, 0.29) is 6.61 Å². The molecule has 0 aromatic heterocycles. The summed E-state index contributed by atoms with van der Waals surface area (Å²) in [5.41, 5.74) is 0.731. The zero-order valence-electron chi connectivity index (χ0n) is 8.15. The largest absolute Gasteiger partial charge is 0.493 e. The smallest absolute Gasteiger partial charge is 0.392 e. The molecule has 0 unspecified atom stereocenters. The second-order valence-electron chi connectivity index (χ2n) is 3.10. The zero-order valence-corrected chi connectivity index (χ0v) is 10.5. The van der Waals surface area contributed by atoms with Gasteiger partial charge in [-0.2, -0.15) is 13.2 Å². The van der Waals surface area contributed by atoms with Gasteiger partial charge in [0.15, 0.2) is 0 Å². The van der Waals surface area contributed by atoms with Gasteiger partial charge in [0, 0.05) is 15.9 Å². The average molecular weight is 318 g/mol. The minimum Gasteiger partial charge on any atom is -0.493 e. The van der Waals surface area contributed by atoms with Crippen molar-refractivity contribution in [2.45, 2.75) is 17.9 Å². The van der Waals surface area contributed by atoms with Crippen LogP contribution in [0.2, 0.25) is 5.02 Å². The SMILES string of the molecule is FC(F)(F)CCOc1ccc(Cl)cc1CBr. The van der Waals surface area contributed by atoms with Crippen molar-refractivity contribution >= 4 is 27.5 Å². The Morgan fingerprint density at radius 1 is 1.31 bits per heavy atom. The molecule has 16 heavy (non-hydrogen) atoms. The summed E-state index contributed by atoms with van der Waals surface area (Å²) in [4.78, 5) is 0. The Kier molecular flexibility index (Phi) is 4.92. The molecule has 6 heteroatoms. The molecule has 0 atom stereocenters. The van der Waals surface area contributed by atoms with Crippen LogP contribution in [-0.2, 0) is 5.33 Å². The highest BCUT2D eigenvalue weighted by molar-refractivity contribution is 9.08. The maximum absolute atomic E-state index is 11.9. The highest BCUT2D eigenvalue weighted by atomic mass is 79.9. The van der Waals surface area contributed by atoms with Crippen molar-refractivity contribution in [2.75, 3.05) is 6.61 Å². The molecule has 0 spiro atoms. The van der Waals surface area contributed by atoms with Gasteiger partial charge in [-0.1, -0.05) is 27.5 Å². The van der Waals surface area contributed by atoms with Crippen LogP contribution < -0.4 is 4.74 Å². The summed E-state index contributed by atoms with van der Waals surface area (Å²) in [5, 5.41) is 1.01. The minimum absolute atomic E-state index is 0.384. The van der Waals surface area contributed by atoms with Crippen LogP contribution in [0.15, 0.2) is 18.2 Å². The maximum atomic E-state index is 11.9. The molecular weight excluding hydrogens is 308 g/mol. The quantitative estimate of drug-likeness (QED) is 0.739. The van der Waals surface area contributed by atoms with Gasteiger partial charge in [0.05, 0.1) is 13.0 Å². The Labute approximate surface area is 105 Å². The number of hydrogen-bond donors (Lipinski definition) is 0. The van der Waals surface area contributed by atoms with Gasteiger partial charge in [-0.3, -0.25) is 0 Å². The van der Waals surface area contributed by atoms with Crippen LogP contribution in [0.3, 0.4) is 0 Å². The van der Waals surface area contributed by atoms with Crippen LogP contribution >= 0.6 is 27.5 Å². The summed E-state index contributed by atoms with van der Waals surface area (Å²) < 4.78 is 40.7. The number of rotatable bonds is 4. The van der Waals surface area contributed by atoms with Crippen LogP contribution in [0.25, 0.3) is 0 Å². The van der Waals surface area contributed by atoms with Gasteiger partial charge < -0.3 is 4.74 Å². The second kappa shape index (κ2) is 5.77. The first kappa shape index (κ1) is 13.6. The van der Waals surface area contributed by atoms with E-state index in [0.717, 1.165) is 5.56 Å². The third-order valence-corrected chi connectivity index (χ3v) is 2.65. The summed E-state index contributed by atoms with van der Waals surface area (Å²) in [6.07, 6.45) is -5.15. The summed E-state index contributed by atoms with van der Waals surface area (Å²) in [7, 11) is 0. The Morgan fingerprint density at radius 3 is 2.56 bits per heavy atom. The summed E-state index contributed by atoms with van der Waals surface area (Å²) in [6.45, 7) is -0.384. The van der Waals surface area contributed by atoms with Crippen molar-refractivity contribution in [1.82, 2.24) is 0 Å². The van der Waals surface area contributed by atoms with Gasteiger partial charge in [-0.15, -0.1) is 0 Å². The predicted octanol–water partition coefficient (Wildman–Crippen LogP) is 4.57. The van der Waals surface area contributed by atoms with Gasteiger partial charge in [-0.25, -0.2) is 0 Å². The van der Waals surface area contributed by atoms with Crippen molar-refractivity contribution in [3.05, 3.63) is 28.8 Å². The first-order valence-corrected chi connectivity index (χ1v) is 5.96. The molecule has 0 amide bonds. The van der Waals surface area contributed by atoms with Crippen molar-refractivity contribution in [3.8, 4) is 5.75 Å². The molecule has 0 bridgehead atoms. The Balaban J connectivity index is 2.60. The molecule has 0 saturated heterocycles. The van der Waals surface area contributed by atoms with Crippen LogP contribution in [0.5, 0.6) is 5.75 Å². The molecule has 90 valence electrons. The molecular formula is C10H9BrClF3O. The fourth-order valence-corrected chi connectivity index (χ4v) is 1.70. The van der Waals surface area contributed by atoms with E-state index in [1.807, 2.05) is 0 Å². The van der Waals surface area contributed by atoms with Crippen LogP contribution in [0.4, 0.5) is 13.2 Å². The highest BCUT2D eigenvalue weighted by Crippen LogP contribution is 2.26. The average Bonchev–Trinajstić information content (AvgIpc) is 2.18. The maximum Gasteiger partial charge on any atom is 0.392 e. The van der Waals surface area contributed by atoms with Gasteiger partial charge >= 0.3 is 6.18 Å². The van der Waals surface area contributed by atoms with E-state index in [1.54, 1.807) is 18.2 Å². The highest BCUT2D eigenvalue weighted by Gasteiger charge is 2.26. The Hall–Kier alpha value is -0.420. The van der Waals surface area contributed by atoms with Crippen molar-refractivity contribution < 1.29 is 17.9 Å². The fraction of sp³-hybridized carbons (Fsp3) is 0.400. The van der Waals surface area contributed by atoms with Crippen molar-refractivity contribution in [2.24, 2.45) is 0 Å². The molecule has 1 nitrogen and oxygen atoms in total. The Bertz CT molecular complexity index is 354. The first-order valence-electron chi connectivity index (χ1n) is 4.46. The molecule has 1 aromatic carbocycles. The molecule has 1 aromatic rings. The Morgan fingerprint density at radius 2 is 2.00 bits per heavy atom. The third-order valence-electron chi connectivity index (χ3n) is 1.81. The minimum atomic E-state index is -4.19. The molecule has 0 N–H and O–H groups in total. The molecule has 0 radical (unpaired) electrons. The van der Waals surface area contributed by atoms with E-state index in [2.05, 4.69) is 15.9 Å². The molecule has 0 saturated carbocycles. The summed E-state index contributed by atoms with van der Waals surface area (Å²) in [5.74, 6) is 0.422. The molecule has 0 aliphatic rings. The van der Waals surface area contributed by atoms with Gasteiger partial charge in [-0.05, 0) is 18.2 Å². The van der Waals surface area contributed by atoms with Gasteiger partial charge in [0.2, 0.25) is 0 Å². The standard InChI is InChI=1S/C10H9BrClF3O/c11-6-7-5-8(12)1-2-9(7)16-4-3-10(13,14)15/h1-2,5H,3-4,6H2. The fourth-order valence-electron chi connectivity index (χ4n) is 1.07. The number of hydrogen-bond acceptors (Lipinski definition) is 1. The zero-order chi connectivity index (χ0) is 12.2. The normalized spacial score (nSPS) is 11.6. The van der Waals surface area contributed by atoms with E-state index < -0.39 is 12.6 Å². The molecule has 1 rings (SSSR count). The predicted molar refractivity (Wildman–Crippen MR) is 60.3 cm³/mol. The number of alkyl halides is 4. The van der Waals surface area contributed by atoms with Crippen LogP contribution in [0, 0.1) is 0 Å². The topological polar surface area (TPSA) is 9.23 Å². The molecule has 0 heterocycles. The lowest BCUT2D eigenvalue weighted by Crippen LogP contribution is -2.13. The molecule has 0 aliphatic carbocycles. The second-order valence-corrected chi connectivity index (χ2v) is 4.10. The van der Waals surface area contributed by atoms with Crippen LogP contribution in [0.1, 0.15) is 12.0 Å². The number of halogens is 5. The molecule has 0 fully saturated rings. The van der Waals surface area contributed by atoms with Crippen molar-refractivity contribution in [3.63, 3.8) is 0 Å².